The number of amides is 1. The van der Waals surface area contributed by atoms with Gasteiger partial charge >= 0.3 is 0 Å². The molecule has 21 heavy (non-hydrogen) atoms. The van der Waals surface area contributed by atoms with Gasteiger partial charge in [-0.1, -0.05) is 18.2 Å². The van der Waals surface area contributed by atoms with Crippen molar-refractivity contribution >= 4 is 40.3 Å². The Bertz CT molecular complexity index is 638. The molecule has 0 saturated carbocycles. The van der Waals surface area contributed by atoms with E-state index in [0.717, 1.165) is 16.1 Å². The number of rotatable bonds is 3. The largest absolute Gasteiger partial charge is 0.331 e. The summed E-state index contributed by atoms with van der Waals surface area (Å²) in [5.41, 5.74) is 8.55. The Morgan fingerprint density at radius 2 is 2.00 bits per heavy atom. The maximum Gasteiger partial charge on any atom is 0.243 e. The Morgan fingerprint density at radius 3 is 2.71 bits per heavy atom. The van der Waals surface area contributed by atoms with Crippen molar-refractivity contribution in [1.82, 2.24) is 10.9 Å². The van der Waals surface area contributed by atoms with Gasteiger partial charge in [0.05, 0.1) is 6.42 Å². The molecule has 2 aromatic rings. The molecule has 0 aliphatic heterocycles. The van der Waals surface area contributed by atoms with Gasteiger partial charge in [0.25, 0.3) is 0 Å². The Morgan fingerprint density at radius 1 is 1.19 bits per heavy atom. The van der Waals surface area contributed by atoms with Gasteiger partial charge in [-0.15, -0.1) is 11.3 Å². The van der Waals surface area contributed by atoms with Gasteiger partial charge in [-0.25, -0.2) is 0 Å². The summed E-state index contributed by atoms with van der Waals surface area (Å²) in [7, 11) is 0. The predicted molar refractivity (Wildman–Crippen MR) is 91.4 cm³/mol. The van der Waals surface area contributed by atoms with Gasteiger partial charge in [-0.2, -0.15) is 0 Å². The van der Waals surface area contributed by atoms with Crippen molar-refractivity contribution in [2.45, 2.75) is 20.3 Å². The highest BCUT2D eigenvalue weighted by molar-refractivity contribution is 7.80. The molecular formula is C15H17N3OS2. The average Bonchev–Trinajstić information content (AvgIpc) is 2.94. The van der Waals surface area contributed by atoms with Crippen molar-refractivity contribution in [3.63, 3.8) is 0 Å². The van der Waals surface area contributed by atoms with E-state index in [9.17, 15) is 4.79 Å². The molecule has 2 rings (SSSR count). The summed E-state index contributed by atoms with van der Waals surface area (Å²) >= 11 is 6.73. The lowest BCUT2D eigenvalue weighted by atomic mass is 10.1. The fourth-order valence-electron chi connectivity index (χ4n) is 1.78. The number of aryl methyl sites for hydroxylation is 1. The molecular weight excluding hydrogens is 302 g/mol. The molecule has 0 fully saturated rings. The predicted octanol–water partition coefficient (Wildman–Crippen LogP) is 2.93. The third-order valence-corrected chi connectivity index (χ3v) is 4.16. The Balaban J connectivity index is 1.82. The van der Waals surface area contributed by atoms with E-state index in [1.807, 2.05) is 49.6 Å². The molecule has 0 bridgehead atoms. The van der Waals surface area contributed by atoms with E-state index in [4.69, 9.17) is 12.2 Å². The normalized spacial score (nSPS) is 10.0. The maximum absolute atomic E-state index is 11.7. The minimum Gasteiger partial charge on any atom is -0.331 e. The summed E-state index contributed by atoms with van der Waals surface area (Å²) < 4.78 is 0. The average molecular weight is 319 g/mol. The summed E-state index contributed by atoms with van der Waals surface area (Å²) in [6.45, 7) is 4.06. The van der Waals surface area contributed by atoms with Gasteiger partial charge in [0.2, 0.25) is 5.91 Å². The van der Waals surface area contributed by atoms with Crippen molar-refractivity contribution in [3.8, 4) is 0 Å². The highest BCUT2D eigenvalue weighted by Gasteiger charge is 2.06. The minimum absolute atomic E-state index is 0.123. The first-order valence-corrected chi connectivity index (χ1v) is 7.79. The van der Waals surface area contributed by atoms with Crippen molar-refractivity contribution in [2.24, 2.45) is 0 Å². The van der Waals surface area contributed by atoms with Crippen LogP contribution < -0.4 is 16.2 Å². The van der Waals surface area contributed by atoms with Crippen molar-refractivity contribution in [2.75, 3.05) is 5.32 Å². The zero-order valence-electron chi connectivity index (χ0n) is 11.9. The second-order valence-electron chi connectivity index (χ2n) is 4.63. The fraction of sp³-hybridized carbons (Fsp3) is 0.200. The summed E-state index contributed by atoms with van der Waals surface area (Å²) in [4.78, 5) is 12.8. The van der Waals surface area contributed by atoms with Crippen LogP contribution in [0.15, 0.2) is 35.7 Å². The van der Waals surface area contributed by atoms with Gasteiger partial charge < -0.3 is 5.32 Å². The van der Waals surface area contributed by atoms with E-state index >= 15 is 0 Å². The van der Waals surface area contributed by atoms with Crippen molar-refractivity contribution < 1.29 is 4.79 Å². The SMILES string of the molecule is Cc1cccc(NC(=S)NNC(=O)Cc2cccs2)c1C. The van der Waals surface area contributed by atoms with Crippen LogP contribution in [0.2, 0.25) is 0 Å². The molecule has 1 aromatic heterocycles. The molecule has 0 aliphatic carbocycles. The van der Waals surface area contributed by atoms with Gasteiger partial charge in [-0.05, 0) is 54.7 Å². The molecule has 6 heteroatoms. The van der Waals surface area contributed by atoms with E-state index in [1.54, 1.807) is 11.3 Å². The van der Waals surface area contributed by atoms with Crippen molar-refractivity contribution in [3.05, 3.63) is 51.7 Å². The molecule has 0 spiro atoms. The highest BCUT2D eigenvalue weighted by atomic mass is 32.1. The highest BCUT2D eigenvalue weighted by Crippen LogP contribution is 2.17. The first-order valence-electron chi connectivity index (χ1n) is 6.50. The molecule has 3 N–H and O–H groups in total. The molecule has 0 unspecified atom stereocenters. The van der Waals surface area contributed by atoms with Crippen LogP contribution >= 0.6 is 23.6 Å². The lowest BCUT2D eigenvalue weighted by molar-refractivity contribution is -0.120. The van der Waals surface area contributed by atoms with Gasteiger partial charge in [0.15, 0.2) is 5.11 Å². The van der Waals surface area contributed by atoms with E-state index in [-0.39, 0.29) is 5.91 Å². The zero-order chi connectivity index (χ0) is 15.2. The number of benzene rings is 1. The number of carbonyl (C=O) groups is 1. The Labute approximate surface area is 133 Å². The summed E-state index contributed by atoms with van der Waals surface area (Å²) in [6.07, 6.45) is 0.344. The molecule has 1 amide bonds. The number of carbonyl (C=O) groups excluding carboxylic acids is 1. The smallest absolute Gasteiger partial charge is 0.243 e. The van der Waals surface area contributed by atoms with Crippen LogP contribution in [0.5, 0.6) is 0 Å². The van der Waals surface area contributed by atoms with E-state index in [1.165, 1.54) is 5.56 Å². The third-order valence-electron chi connectivity index (χ3n) is 3.08. The first kappa shape index (κ1) is 15.5. The number of nitrogens with one attached hydrogen (secondary N) is 3. The van der Waals surface area contributed by atoms with Crippen LogP contribution in [0.4, 0.5) is 5.69 Å². The fourth-order valence-corrected chi connectivity index (χ4v) is 2.65. The number of thiocarbonyl (C=S) groups is 1. The topological polar surface area (TPSA) is 53.2 Å². The zero-order valence-corrected chi connectivity index (χ0v) is 13.5. The quantitative estimate of drug-likeness (QED) is 0.601. The van der Waals surface area contributed by atoms with Gasteiger partial charge in [0.1, 0.15) is 0 Å². The summed E-state index contributed by atoms with van der Waals surface area (Å²) in [6, 6.07) is 9.80. The molecule has 0 radical (unpaired) electrons. The molecule has 0 atom stereocenters. The summed E-state index contributed by atoms with van der Waals surface area (Å²) in [5.74, 6) is -0.123. The van der Waals surface area contributed by atoms with Crippen LogP contribution in [0.25, 0.3) is 0 Å². The lowest BCUT2D eigenvalue weighted by Crippen LogP contribution is -2.44. The summed E-state index contributed by atoms with van der Waals surface area (Å²) in [5, 5.41) is 5.38. The standard InChI is InChI=1S/C15H17N3OS2/c1-10-5-3-7-13(11(10)2)16-15(20)18-17-14(19)9-12-6-4-8-21-12/h3-8H,9H2,1-2H3,(H,17,19)(H2,16,18,20). The third kappa shape index (κ3) is 4.54. The van der Waals surface area contributed by atoms with Gasteiger partial charge in [-0.3, -0.25) is 15.6 Å². The number of hydrazine groups is 1. The Hall–Kier alpha value is -1.92. The second-order valence-corrected chi connectivity index (χ2v) is 6.07. The molecule has 4 nitrogen and oxygen atoms in total. The van der Waals surface area contributed by atoms with Crippen LogP contribution in [-0.4, -0.2) is 11.0 Å². The van der Waals surface area contributed by atoms with Gasteiger partial charge in [0, 0.05) is 10.6 Å². The van der Waals surface area contributed by atoms with Crippen LogP contribution in [0.3, 0.4) is 0 Å². The number of thiophene rings is 1. The monoisotopic (exact) mass is 319 g/mol. The molecule has 1 aromatic carbocycles. The Kier molecular flexibility index (Phi) is 5.30. The number of anilines is 1. The van der Waals surface area contributed by atoms with E-state index in [0.29, 0.717) is 11.5 Å². The second kappa shape index (κ2) is 7.19. The molecule has 0 aliphatic rings. The van der Waals surface area contributed by atoms with E-state index < -0.39 is 0 Å². The molecule has 110 valence electrons. The number of hydrogen-bond acceptors (Lipinski definition) is 3. The van der Waals surface area contributed by atoms with E-state index in [2.05, 4.69) is 16.2 Å². The number of hydrogen-bond donors (Lipinski definition) is 3. The minimum atomic E-state index is -0.123. The van der Waals surface area contributed by atoms with Crippen LogP contribution in [-0.2, 0) is 11.2 Å². The van der Waals surface area contributed by atoms with Crippen LogP contribution in [0.1, 0.15) is 16.0 Å². The first-order chi connectivity index (χ1) is 10.1. The lowest BCUT2D eigenvalue weighted by Gasteiger charge is -2.14. The maximum atomic E-state index is 11.7. The van der Waals surface area contributed by atoms with Crippen molar-refractivity contribution in [1.29, 1.82) is 0 Å². The molecule has 0 saturated heterocycles. The van der Waals surface area contributed by atoms with Crippen LogP contribution in [0, 0.1) is 13.8 Å². The molecule has 1 heterocycles.